The van der Waals surface area contributed by atoms with Gasteiger partial charge in [0, 0.05) is 29.8 Å². The molecule has 0 spiro atoms. The van der Waals surface area contributed by atoms with Crippen LogP contribution in [-0.4, -0.2) is 26.8 Å². The first-order valence-electron chi connectivity index (χ1n) is 7.84. The average molecular weight is 293 g/mol. The van der Waals surface area contributed by atoms with E-state index in [9.17, 15) is 4.79 Å². The Hall–Kier alpha value is -2.23. The predicted octanol–water partition coefficient (Wildman–Crippen LogP) is 3.00. The predicted molar refractivity (Wildman–Crippen MR) is 83.6 cm³/mol. The topological polar surface area (TPSA) is 46.1 Å². The number of fused-ring (bicyclic) bond motifs is 4. The second-order valence-corrected chi connectivity index (χ2v) is 6.39. The van der Waals surface area contributed by atoms with Crippen molar-refractivity contribution in [2.45, 2.75) is 45.2 Å². The molecule has 3 heterocycles. The first kappa shape index (κ1) is 13.4. The van der Waals surface area contributed by atoms with Crippen molar-refractivity contribution in [2.75, 3.05) is 0 Å². The quantitative estimate of drug-likeness (QED) is 0.812. The number of benzene rings is 1. The molecular formula is C18H19N3O. The van der Waals surface area contributed by atoms with E-state index >= 15 is 0 Å². The number of carbonyl (C=O) groups excluding carboxylic acids is 1. The lowest BCUT2D eigenvalue weighted by Crippen LogP contribution is -2.42. The summed E-state index contributed by atoms with van der Waals surface area (Å²) in [5, 5.41) is 0. The van der Waals surface area contributed by atoms with Gasteiger partial charge in [-0.2, -0.15) is 0 Å². The van der Waals surface area contributed by atoms with Crippen molar-refractivity contribution in [1.29, 1.82) is 0 Å². The van der Waals surface area contributed by atoms with E-state index in [1.807, 2.05) is 24.4 Å². The van der Waals surface area contributed by atoms with Crippen molar-refractivity contribution >= 4 is 5.91 Å². The van der Waals surface area contributed by atoms with Gasteiger partial charge >= 0.3 is 0 Å². The van der Waals surface area contributed by atoms with Crippen LogP contribution in [0, 0.1) is 13.8 Å². The van der Waals surface area contributed by atoms with Gasteiger partial charge in [0.2, 0.25) is 0 Å². The standard InChI is InChI=1S/C18H19N3O/c1-11-3-4-13(7-12(11)2)18(22)21-14-5-6-17(21)15-9-19-10-20-16(15)8-14/h3-4,7,9-10,14,17H,5-6,8H2,1-2H3. The van der Waals surface area contributed by atoms with E-state index in [4.69, 9.17) is 0 Å². The van der Waals surface area contributed by atoms with E-state index in [0.29, 0.717) is 0 Å². The number of hydrogen-bond acceptors (Lipinski definition) is 3. The normalized spacial score (nSPS) is 22.5. The molecule has 22 heavy (non-hydrogen) atoms. The summed E-state index contributed by atoms with van der Waals surface area (Å²) in [5.74, 6) is 0.144. The van der Waals surface area contributed by atoms with Crippen LogP contribution in [-0.2, 0) is 6.42 Å². The summed E-state index contributed by atoms with van der Waals surface area (Å²) >= 11 is 0. The molecule has 2 unspecified atom stereocenters. The van der Waals surface area contributed by atoms with E-state index < -0.39 is 0 Å². The summed E-state index contributed by atoms with van der Waals surface area (Å²) in [5.41, 5.74) is 5.43. The third kappa shape index (κ3) is 1.94. The first-order chi connectivity index (χ1) is 10.6. The van der Waals surface area contributed by atoms with Crippen LogP contribution in [0.4, 0.5) is 0 Å². The summed E-state index contributed by atoms with van der Waals surface area (Å²) in [6.45, 7) is 4.13. The highest BCUT2D eigenvalue weighted by Crippen LogP contribution is 2.43. The number of amides is 1. The van der Waals surface area contributed by atoms with Crippen molar-refractivity contribution in [2.24, 2.45) is 0 Å². The molecule has 0 N–H and O–H groups in total. The van der Waals surface area contributed by atoms with Gasteiger partial charge in [0.15, 0.2) is 0 Å². The SMILES string of the molecule is Cc1ccc(C(=O)N2C3CCC2c2cncnc2C3)cc1C. The molecule has 1 aromatic carbocycles. The van der Waals surface area contributed by atoms with Crippen LogP contribution in [0.15, 0.2) is 30.7 Å². The first-order valence-corrected chi connectivity index (χ1v) is 7.84. The highest BCUT2D eigenvalue weighted by atomic mass is 16.2. The smallest absolute Gasteiger partial charge is 0.254 e. The van der Waals surface area contributed by atoms with E-state index in [1.165, 1.54) is 11.1 Å². The minimum absolute atomic E-state index is 0.143. The molecule has 4 rings (SSSR count). The number of aryl methyl sites for hydroxylation is 2. The van der Waals surface area contributed by atoms with Crippen LogP contribution in [0.3, 0.4) is 0 Å². The van der Waals surface area contributed by atoms with Gasteiger partial charge in [0.25, 0.3) is 5.91 Å². The third-order valence-electron chi connectivity index (χ3n) is 5.11. The van der Waals surface area contributed by atoms with Gasteiger partial charge in [-0.05, 0) is 49.9 Å². The third-order valence-corrected chi connectivity index (χ3v) is 5.11. The van der Waals surface area contributed by atoms with Crippen molar-refractivity contribution in [3.63, 3.8) is 0 Å². The number of aromatic nitrogens is 2. The van der Waals surface area contributed by atoms with Crippen LogP contribution in [0.25, 0.3) is 0 Å². The molecule has 2 aromatic rings. The molecule has 2 aliphatic rings. The van der Waals surface area contributed by atoms with E-state index in [1.54, 1.807) is 6.33 Å². The zero-order valence-electron chi connectivity index (χ0n) is 12.9. The minimum Gasteiger partial charge on any atom is -0.328 e. The summed E-state index contributed by atoms with van der Waals surface area (Å²) in [4.78, 5) is 23.6. The Kier molecular flexibility index (Phi) is 2.99. The molecule has 0 saturated carbocycles. The van der Waals surface area contributed by atoms with Crippen LogP contribution >= 0.6 is 0 Å². The van der Waals surface area contributed by atoms with Gasteiger partial charge in [-0.15, -0.1) is 0 Å². The number of carbonyl (C=O) groups is 1. The monoisotopic (exact) mass is 293 g/mol. The molecule has 2 aliphatic heterocycles. The fraction of sp³-hybridized carbons (Fsp3) is 0.389. The molecule has 112 valence electrons. The van der Waals surface area contributed by atoms with Gasteiger partial charge in [-0.1, -0.05) is 6.07 Å². The highest BCUT2D eigenvalue weighted by molar-refractivity contribution is 5.95. The van der Waals surface area contributed by atoms with E-state index in [0.717, 1.165) is 36.1 Å². The van der Waals surface area contributed by atoms with Gasteiger partial charge in [0.1, 0.15) is 6.33 Å². The van der Waals surface area contributed by atoms with Crippen LogP contribution in [0.5, 0.6) is 0 Å². The van der Waals surface area contributed by atoms with Crippen molar-refractivity contribution in [3.8, 4) is 0 Å². The molecule has 2 atom stereocenters. The minimum atomic E-state index is 0.143. The van der Waals surface area contributed by atoms with Crippen LogP contribution in [0.2, 0.25) is 0 Å². The highest BCUT2D eigenvalue weighted by Gasteiger charge is 2.43. The lowest BCUT2D eigenvalue weighted by Gasteiger charge is -2.35. The van der Waals surface area contributed by atoms with Gasteiger partial charge in [0.05, 0.1) is 11.7 Å². The van der Waals surface area contributed by atoms with E-state index in [-0.39, 0.29) is 18.0 Å². The Morgan fingerprint density at radius 1 is 1.23 bits per heavy atom. The number of nitrogens with zero attached hydrogens (tertiary/aromatic N) is 3. The second kappa shape index (κ2) is 4.90. The largest absolute Gasteiger partial charge is 0.328 e. The maximum atomic E-state index is 13.0. The van der Waals surface area contributed by atoms with Crippen LogP contribution in [0.1, 0.15) is 51.6 Å². The molecular weight excluding hydrogens is 274 g/mol. The molecule has 1 fully saturated rings. The maximum absolute atomic E-state index is 13.0. The Balaban J connectivity index is 1.71. The average Bonchev–Trinajstić information content (AvgIpc) is 2.84. The lowest BCUT2D eigenvalue weighted by atomic mass is 9.97. The molecule has 4 heteroatoms. The van der Waals surface area contributed by atoms with Gasteiger partial charge in [-0.25, -0.2) is 9.97 Å². The number of rotatable bonds is 1. The molecule has 1 amide bonds. The molecule has 4 nitrogen and oxygen atoms in total. The fourth-order valence-corrected chi connectivity index (χ4v) is 3.76. The van der Waals surface area contributed by atoms with E-state index in [2.05, 4.69) is 28.7 Å². The summed E-state index contributed by atoms with van der Waals surface area (Å²) in [6, 6.07) is 6.41. The zero-order valence-corrected chi connectivity index (χ0v) is 12.9. The van der Waals surface area contributed by atoms with Crippen LogP contribution < -0.4 is 0 Å². The summed E-state index contributed by atoms with van der Waals surface area (Å²) in [6.07, 6.45) is 6.42. The zero-order chi connectivity index (χ0) is 15.3. The Morgan fingerprint density at radius 3 is 2.91 bits per heavy atom. The summed E-state index contributed by atoms with van der Waals surface area (Å²) < 4.78 is 0. The maximum Gasteiger partial charge on any atom is 0.254 e. The molecule has 2 bridgehead atoms. The van der Waals surface area contributed by atoms with Crippen molar-refractivity contribution < 1.29 is 4.79 Å². The van der Waals surface area contributed by atoms with Crippen molar-refractivity contribution in [1.82, 2.24) is 14.9 Å². The second-order valence-electron chi connectivity index (χ2n) is 6.39. The Bertz CT molecular complexity index is 756. The van der Waals surface area contributed by atoms with Crippen molar-refractivity contribution in [3.05, 3.63) is 58.7 Å². The lowest BCUT2D eigenvalue weighted by molar-refractivity contribution is 0.0643. The molecule has 1 saturated heterocycles. The fourth-order valence-electron chi connectivity index (χ4n) is 3.76. The molecule has 0 aliphatic carbocycles. The number of hydrogen-bond donors (Lipinski definition) is 0. The molecule has 0 radical (unpaired) electrons. The summed E-state index contributed by atoms with van der Waals surface area (Å²) in [7, 11) is 0. The Labute approximate surface area is 130 Å². The molecule has 1 aromatic heterocycles. The van der Waals surface area contributed by atoms with Gasteiger partial charge in [-0.3, -0.25) is 4.79 Å². The Morgan fingerprint density at radius 2 is 2.09 bits per heavy atom. The van der Waals surface area contributed by atoms with Gasteiger partial charge < -0.3 is 4.90 Å².